The van der Waals surface area contributed by atoms with E-state index in [2.05, 4.69) is 16.0 Å². The van der Waals surface area contributed by atoms with E-state index in [9.17, 15) is 14.4 Å². The van der Waals surface area contributed by atoms with E-state index < -0.39 is 12.0 Å². The third-order valence-corrected chi connectivity index (χ3v) is 4.35. The lowest BCUT2D eigenvalue weighted by atomic mass is 9.94. The maximum atomic E-state index is 12.7. The highest BCUT2D eigenvalue weighted by Crippen LogP contribution is 2.32. The van der Waals surface area contributed by atoms with Gasteiger partial charge in [0.2, 0.25) is 0 Å². The van der Waals surface area contributed by atoms with E-state index in [1.54, 1.807) is 43.0 Å². The number of nitrogens with one attached hydrogen (secondary N) is 3. The number of rotatable bonds is 7. The highest BCUT2D eigenvalue weighted by molar-refractivity contribution is 5.95. The highest BCUT2D eigenvalue weighted by atomic mass is 16.5. The van der Waals surface area contributed by atoms with Crippen molar-refractivity contribution in [1.82, 2.24) is 15.5 Å². The molecule has 1 aliphatic heterocycles. The Hall–Kier alpha value is -3.03. The number of nitrogens with zero attached hydrogens (tertiary/aromatic N) is 1. The van der Waals surface area contributed by atoms with Crippen molar-refractivity contribution < 1.29 is 19.1 Å². The summed E-state index contributed by atoms with van der Waals surface area (Å²) < 4.78 is 5.24. The summed E-state index contributed by atoms with van der Waals surface area (Å²) >= 11 is 0. The lowest BCUT2D eigenvalue weighted by Crippen LogP contribution is -2.48. The Morgan fingerprint density at radius 3 is 2.64 bits per heavy atom. The van der Waals surface area contributed by atoms with Crippen molar-refractivity contribution in [2.75, 3.05) is 25.0 Å². The monoisotopic (exact) mass is 388 g/mol. The van der Waals surface area contributed by atoms with Gasteiger partial charge >= 0.3 is 18.0 Å². The van der Waals surface area contributed by atoms with E-state index in [0.29, 0.717) is 35.6 Å². The minimum Gasteiger partial charge on any atom is -0.463 e. The molecule has 1 heterocycles. The summed E-state index contributed by atoms with van der Waals surface area (Å²) in [7, 11) is 0. The minimum absolute atomic E-state index is 0.239. The van der Waals surface area contributed by atoms with Crippen LogP contribution in [0, 0.1) is 0 Å². The Labute approximate surface area is 165 Å². The average molecular weight is 388 g/mol. The summed E-state index contributed by atoms with van der Waals surface area (Å²) in [5.41, 5.74) is 2.22. The van der Waals surface area contributed by atoms with Gasteiger partial charge in [-0.25, -0.2) is 14.4 Å². The van der Waals surface area contributed by atoms with Gasteiger partial charge in [0.15, 0.2) is 0 Å². The lowest BCUT2D eigenvalue weighted by Gasteiger charge is -2.35. The van der Waals surface area contributed by atoms with Gasteiger partial charge in [-0.3, -0.25) is 4.90 Å². The summed E-state index contributed by atoms with van der Waals surface area (Å²) in [5, 5.41) is 8.29. The predicted molar refractivity (Wildman–Crippen MR) is 107 cm³/mol. The zero-order chi connectivity index (χ0) is 20.7. The van der Waals surface area contributed by atoms with Gasteiger partial charge in [0.1, 0.15) is 0 Å². The molecule has 0 saturated carbocycles. The maximum absolute atomic E-state index is 12.7. The topological polar surface area (TPSA) is 99.8 Å². The maximum Gasteiger partial charge on any atom is 0.338 e. The van der Waals surface area contributed by atoms with Crippen LogP contribution in [0.2, 0.25) is 0 Å². The number of hydrogen-bond donors (Lipinski definition) is 3. The predicted octanol–water partition coefficient (Wildman–Crippen LogP) is 3.14. The van der Waals surface area contributed by atoms with Crippen molar-refractivity contribution in [1.29, 1.82) is 0 Å². The molecule has 1 aromatic carbocycles. The fraction of sp³-hybridized carbons (Fsp3) is 0.450. The first-order valence-corrected chi connectivity index (χ1v) is 9.53. The largest absolute Gasteiger partial charge is 0.463 e. The highest BCUT2D eigenvalue weighted by Gasteiger charge is 2.36. The van der Waals surface area contributed by atoms with Crippen molar-refractivity contribution >= 4 is 23.7 Å². The molecule has 8 heteroatoms. The van der Waals surface area contributed by atoms with E-state index in [1.165, 1.54) is 0 Å². The standard InChI is InChI=1S/C20H28N4O4/c1-5-11-24-13(4)16(18(25)28-7-3)17(23-20(24)27)14-9-8-10-15(12-14)22-19(26)21-6-2/h8-10,12,17H,5-7,11H2,1-4H3,(H,23,27)(H2,21,22,26). The zero-order valence-corrected chi connectivity index (χ0v) is 16.8. The number of hydrogen-bond acceptors (Lipinski definition) is 4. The van der Waals surface area contributed by atoms with Crippen LogP contribution in [0.25, 0.3) is 0 Å². The number of allylic oxidation sites excluding steroid dienone is 1. The van der Waals surface area contributed by atoms with Crippen LogP contribution in [-0.2, 0) is 9.53 Å². The van der Waals surface area contributed by atoms with Crippen molar-refractivity contribution in [3.8, 4) is 0 Å². The molecule has 1 aliphatic rings. The number of amides is 4. The second-order valence-electron chi connectivity index (χ2n) is 6.36. The minimum atomic E-state index is -0.657. The molecule has 4 amide bonds. The molecule has 152 valence electrons. The van der Waals surface area contributed by atoms with Gasteiger partial charge in [-0.15, -0.1) is 0 Å². The van der Waals surface area contributed by atoms with Gasteiger partial charge < -0.3 is 20.7 Å². The Bertz CT molecular complexity index is 775. The number of ether oxygens (including phenoxy) is 1. The van der Waals surface area contributed by atoms with Gasteiger partial charge in [-0.2, -0.15) is 0 Å². The number of carbonyl (C=O) groups is 3. The fourth-order valence-electron chi connectivity index (χ4n) is 3.13. The Morgan fingerprint density at radius 2 is 2.00 bits per heavy atom. The summed E-state index contributed by atoms with van der Waals surface area (Å²) in [6.45, 7) is 8.54. The molecule has 0 radical (unpaired) electrons. The molecule has 0 saturated heterocycles. The summed E-state index contributed by atoms with van der Waals surface area (Å²) in [5.74, 6) is -0.465. The van der Waals surface area contributed by atoms with Crippen LogP contribution >= 0.6 is 0 Å². The zero-order valence-electron chi connectivity index (χ0n) is 16.8. The molecule has 0 aromatic heterocycles. The molecule has 1 aromatic rings. The first-order valence-electron chi connectivity index (χ1n) is 9.53. The van der Waals surface area contributed by atoms with Crippen LogP contribution in [0.3, 0.4) is 0 Å². The number of anilines is 1. The Morgan fingerprint density at radius 1 is 1.25 bits per heavy atom. The van der Waals surface area contributed by atoms with Gasteiger partial charge in [-0.1, -0.05) is 19.1 Å². The molecule has 0 fully saturated rings. The third-order valence-electron chi connectivity index (χ3n) is 4.35. The van der Waals surface area contributed by atoms with Crippen molar-refractivity contribution in [2.45, 2.75) is 40.2 Å². The molecule has 28 heavy (non-hydrogen) atoms. The Kier molecular flexibility index (Phi) is 7.43. The van der Waals surface area contributed by atoms with E-state index in [-0.39, 0.29) is 18.7 Å². The molecule has 1 atom stereocenters. The van der Waals surface area contributed by atoms with Crippen molar-refractivity contribution in [2.24, 2.45) is 0 Å². The first-order chi connectivity index (χ1) is 13.4. The molecule has 0 spiro atoms. The van der Waals surface area contributed by atoms with Crippen LogP contribution in [0.15, 0.2) is 35.5 Å². The van der Waals surface area contributed by atoms with Gasteiger partial charge in [0.25, 0.3) is 0 Å². The average Bonchev–Trinajstić information content (AvgIpc) is 2.65. The second kappa shape index (κ2) is 9.77. The SMILES string of the molecule is CCCN1C(=O)NC(c2cccc(NC(=O)NCC)c2)C(C(=O)OCC)=C1C. The van der Waals surface area contributed by atoms with Crippen molar-refractivity contribution in [3.63, 3.8) is 0 Å². The van der Waals surface area contributed by atoms with Gasteiger partial charge in [0.05, 0.1) is 18.2 Å². The smallest absolute Gasteiger partial charge is 0.338 e. The molecule has 3 N–H and O–H groups in total. The first kappa shape index (κ1) is 21.3. The van der Waals surface area contributed by atoms with Crippen LogP contribution in [-0.4, -0.2) is 42.6 Å². The van der Waals surface area contributed by atoms with Crippen LogP contribution < -0.4 is 16.0 Å². The van der Waals surface area contributed by atoms with E-state index in [1.807, 2.05) is 13.8 Å². The fourth-order valence-corrected chi connectivity index (χ4v) is 3.13. The van der Waals surface area contributed by atoms with Gasteiger partial charge in [-0.05, 0) is 44.9 Å². The molecule has 0 aliphatic carbocycles. The van der Waals surface area contributed by atoms with E-state index >= 15 is 0 Å². The molecule has 0 bridgehead atoms. The molecule has 8 nitrogen and oxygen atoms in total. The quantitative estimate of drug-likeness (QED) is 0.625. The molecule has 1 unspecified atom stereocenters. The van der Waals surface area contributed by atoms with E-state index in [4.69, 9.17) is 4.74 Å². The third kappa shape index (κ3) is 4.82. The van der Waals surface area contributed by atoms with Gasteiger partial charge in [0, 0.05) is 24.5 Å². The number of esters is 1. The summed E-state index contributed by atoms with van der Waals surface area (Å²) in [6.07, 6.45) is 0.761. The van der Waals surface area contributed by atoms with Crippen molar-refractivity contribution in [3.05, 3.63) is 41.1 Å². The Balaban J connectivity index is 2.42. The molecule has 2 rings (SSSR count). The number of benzene rings is 1. The molecular formula is C20H28N4O4. The normalized spacial score (nSPS) is 16.5. The van der Waals surface area contributed by atoms with E-state index in [0.717, 1.165) is 6.42 Å². The summed E-state index contributed by atoms with van der Waals surface area (Å²) in [4.78, 5) is 38.6. The van der Waals surface area contributed by atoms with Crippen LogP contribution in [0.4, 0.5) is 15.3 Å². The van der Waals surface area contributed by atoms with Crippen LogP contribution in [0.1, 0.15) is 45.7 Å². The molecular weight excluding hydrogens is 360 g/mol. The number of carbonyl (C=O) groups excluding carboxylic acids is 3. The number of urea groups is 2. The second-order valence-corrected chi connectivity index (χ2v) is 6.36. The summed E-state index contributed by atoms with van der Waals surface area (Å²) in [6, 6.07) is 5.80. The van der Waals surface area contributed by atoms with Crippen LogP contribution in [0.5, 0.6) is 0 Å². The lowest BCUT2D eigenvalue weighted by molar-refractivity contribution is -0.139.